The molecule has 0 saturated heterocycles. The molecule has 0 bridgehead atoms. The van der Waals surface area contributed by atoms with Gasteiger partial charge in [0, 0.05) is 30.5 Å². The molecule has 0 saturated carbocycles. The third-order valence-corrected chi connectivity index (χ3v) is 3.43. The molecular formula is C15H20N4O2. The second-order valence-electron chi connectivity index (χ2n) is 4.80. The van der Waals surface area contributed by atoms with Crippen molar-refractivity contribution in [3.63, 3.8) is 0 Å². The van der Waals surface area contributed by atoms with Crippen LogP contribution in [0.4, 0.5) is 11.4 Å². The quantitative estimate of drug-likeness (QED) is 0.788. The summed E-state index contributed by atoms with van der Waals surface area (Å²) < 4.78 is 0. The molecule has 0 aliphatic carbocycles. The summed E-state index contributed by atoms with van der Waals surface area (Å²) >= 11 is 0. The Morgan fingerprint density at radius 1 is 1.19 bits per heavy atom. The number of H-pyrrole nitrogens is 2. The summed E-state index contributed by atoms with van der Waals surface area (Å²) in [5.41, 5.74) is 2.73. The molecule has 2 rings (SSSR count). The van der Waals surface area contributed by atoms with E-state index in [1.165, 1.54) is 6.07 Å². The SMILES string of the molecule is CCN(CC)c1ccc(NC(=O)c2cc(=O)[nH][nH]2)c(C)c1. The van der Waals surface area contributed by atoms with Gasteiger partial charge in [0.2, 0.25) is 0 Å². The molecule has 21 heavy (non-hydrogen) atoms. The van der Waals surface area contributed by atoms with E-state index < -0.39 is 0 Å². The lowest BCUT2D eigenvalue weighted by Gasteiger charge is -2.22. The Morgan fingerprint density at radius 3 is 2.43 bits per heavy atom. The van der Waals surface area contributed by atoms with Crippen LogP contribution in [0.25, 0.3) is 0 Å². The molecule has 1 amide bonds. The van der Waals surface area contributed by atoms with Gasteiger partial charge >= 0.3 is 0 Å². The molecule has 0 spiro atoms. The summed E-state index contributed by atoms with van der Waals surface area (Å²) in [5.74, 6) is -0.341. The maximum absolute atomic E-state index is 12.0. The molecule has 1 aromatic carbocycles. The summed E-state index contributed by atoms with van der Waals surface area (Å²) in [6.07, 6.45) is 0. The van der Waals surface area contributed by atoms with Crippen LogP contribution in [0.3, 0.4) is 0 Å². The largest absolute Gasteiger partial charge is 0.372 e. The number of aryl methyl sites for hydroxylation is 1. The molecule has 0 aliphatic rings. The number of amides is 1. The maximum atomic E-state index is 12.0. The van der Waals surface area contributed by atoms with E-state index in [4.69, 9.17) is 0 Å². The Kier molecular flexibility index (Phi) is 4.47. The van der Waals surface area contributed by atoms with Gasteiger partial charge in [-0.1, -0.05) is 0 Å². The number of nitrogens with zero attached hydrogens (tertiary/aromatic N) is 1. The van der Waals surface area contributed by atoms with Gasteiger partial charge in [0.15, 0.2) is 0 Å². The Balaban J connectivity index is 2.18. The highest BCUT2D eigenvalue weighted by Crippen LogP contribution is 2.22. The van der Waals surface area contributed by atoms with Crippen molar-refractivity contribution in [2.45, 2.75) is 20.8 Å². The van der Waals surface area contributed by atoms with Crippen molar-refractivity contribution in [2.75, 3.05) is 23.3 Å². The first kappa shape index (κ1) is 14.9. The van der Waals surface area contributed by atoms with Crippen molar-refractivity contribution < 1.29 is 4.79 Å². The topological polar surface area (TPSA) is 81.0 Å². The van der Waals surface area contributed by atoms with E-state index in [-0.39, 0.29) is 17.2 Å². The Hall–Kier alpha value is -2.50. The number of hydrogen-bond donors (Lipinski definition) is 3. The molecule has 0 radical (unpaired) electrons. The van der Waals surface area contributed by atoms with Crippen LogP contribution in [0.1, 0.15) is 29.9 Å². The molecule has 3 N–H and O–H groups in total. The molecule has 1 heterocycles. The summed E-state index contributed by atoms with van der Waals surface area (Å²) in [5, 5.41) is 7.67. The average molecular weight is 288 g/mol. The van der Waals surface area contributed by atoms with Gasteiger partial charge in [0.25, 0.3) is 11.5 Å². The predicted molar refractivity (Wildman–Crippen MR) is 84.1 cm³/mol. The smallest absolute Gasteiger partial charge is 0.273 e. The van der Waals surface area contributed by atoms with Crippen LogP contribution in [0.15, 0.2) is 29.1 Å². The normalized spacial score (nSPS) is 10.4. The number of anilines is 2. The fourth-order valence-corrected chi connectivity index (χ4v) is 2.22. The second-order valence-corrected chi connectivity index (χ2v) is 4.80. The number of hydrogen-bond acceptors (Lipinski definition) is 3. The van der Waals surface area contributed by atoms with Crippen molar-refractivity contribution in [3.8, 4) is 0 Å². The minimum Gasteiger partial charge on any atom is -0.372 e. The average Bonchev–Trinajstić information content (AvgIpc) is 2.90. The van der Waals surface area contributed by atoms with Gasteiger partial charge in [-0.15, -0.1) is 0 Å². The number of carbonyl (C=O) groups is 1. The lowest BCUT2D eigenvalue weighted by molar-refractivity contribution is 0.102. The van der Waals surface area contributed by atoms with Crippen LogP contribution in [-0.2, 0) is 0 Å². The van der Waals surface area contributed by atoms with Gasteiger partial charge in [-0.3, -0.25) is 19.8 Å². The van der Waals surface area contributed by atoms with E-state index in [0.717, 1.165) is 30.0 Å². The molecule has 0 atom stereocenters. The van der Waals surface area contributed by atoms with E-state index in [1.807, 2.05) is 25.1 Å². The van der Waals surface area contributed by atoms with Gasteiger partial charge in [-0.2, -0.15) is 0 Å². The molecule has 6 nitrogen and oxygen atoms in total. The molecule has 112 valence electrons. The zero-order chi connectivity index (χ0) is 15.4. The van der Waals surface area contributed by atoms with E-state index in [2.05, 4.69) is 34.3 Å². The Bertz CT molecular complexity index is 683. The van der Waals surface area contributed by atoms with Crippen molar-refractivity contribution in [1.29, 1.82) is 0 Å². The van der Waals surface area contributed by atoms with Gasteiger partial charge in [0.05, 0.1) is 0 Å². The molecule has 0 fully saturated rings. The standard InChI is InChI=1S/C15H20N4O2/c1-4-19(5-2)11-6-7-12(10(3)8-11)16-15(21)13-9-14(20)18-17-13/h6-9H,4-5H2,1-3H3,(H,16,21)(H2,17,18,20). The lowest BCUT2D eigenvalue weighted by Crippen LogP contribution is -2.22. The molecule has 6 heteroatoms. The van der Waals surface area contributed by atoms with Gasteiger partial charge in [0.1, 0.15) is 5.69 Å². The first-order chi connectivity index (χ1) is 10.0. The minimum absolute atomic E-state index is 0.215. The maximum Gasteiger partial charge on any atom is 0.273 e. The van der Waals surface area contributed by atoms with E-state index in [9.17, 15) is 9.59 Å². The molecular weight excluding hydrogens is 268 g/mol. The summed E-state index contributed by atoms with van der Waals surface area (Å²) in [6, 6.07) is 7.14. The molecule has 0 unspecified atom stereocenters. The monoisotopic (exact) mass is 288 g/mol. The van der Waals surface area contributed by atoms with E-state index in [1.54, 1.807) is 0 Å². The zero-order valence-corrected chi connectivity index (χ0v) is 12.5. The predicted octanol–water partition coefficient (Wildman–Crippen LogP) is 2.11. The van der Waals surface area contributed by atoms with Crippen molar-refractivity contribution in [1.82, 2.24) is 10.2 Å². The lowest BCUT2D eigenvalue weighted by atomic mass is 10.1. The zero-order valence-electron chi connectivity index (χ0n) is 12.5. The summed E-state index contributed by atoms with van der Waals surface area (Å²) in [6.45, 7) is 8.04. The number of rotatable bonds is 5. The number of nitrogens with one attached hydrogen (secondary N) is 3. The Labute approximate surface area is 123 Å². The third-order valence-electron chi connectivity index (χ3n) is 3.43. The van der Waals surface area contributed by atoms with Crippen LogP contribution >= 0.6 is 0 Å². The fraction of sp³-hybridized carbons (Fsp3) is 0.333. The third kappa shape index (κ3) is 3.34. The number of aromatic amines is 2. The van der Waals surface area contributed by atoms with Crippen molar-refractivity contribution in [2.24, 2.45) is 0 Å². The van der Waals surface area contributed by atoms with Crippen LogP contribution in [0.5, 0.6) is 0 Å². The van der Waals surface area contributed by atoms with Gasteiger partial charge in [-0.25, -0.2) is 0 Å². The van der Waals surface area contributed by atoms with Crippen LogP contribution in [0, 0.1) is 6.92 Å². The number of benzene rings is 1. The minimum atomic E-state index is -0.341. The molecule has 2 aromatic rings. The van der Waals surface area contributed by atoms with E-state index in [0.29, 0.717) is 0 Å². The highest BCUT2D eigenvalue weighted by Gasteiger charge is 2.11. The molecule has 0 aliphatic heterocycles. The van der Waals surface area contributed by atoms with Gasteiger partial charge < -0.3 is 10.2 Å². The number of carbonyl (C=O) groups excluding carboxylic acids is 1. The highest BCUT2D eigenvalue weighted by atomic mass is 16.2. The van der Waals surface area contributed by atoms with Crippen molar-refractivity contribution in [3.05, 3.63) is 45.9 Å². The van der Waals surface area contributed by atoms with Crippen LogP contribution < -0.4 is 15.8 Å². The van der Waals surface area contributed by atoms with Crippen LogP contribution in [0.2, 0.25) is 0 Å². The first-order valence-corrected chi connectivity index (χ1v) is 6.99. The Morgan fingerprint density at radius 2 is 1.90 bits per heavy atom. The summed E-state index contributed by atoms with van der Waals surface area (Å²) in [4.78, 5) is 25.3. The highest BCUT2D eigenvalue weighted by molar-refractivity contribution is 6.03. The van der Waals surface area contributed by atoms with E-state index >= 15 is 0 Å². The fourth-order valence-electron chi connectivity index (χ4n) is 2.22. The summed E-state index contributed by atoms with van der Waals surface area (Å²) in [7, 11) is 0. The van der Waals surface area contributed by atoms with Crippen LogP contribution in [-0.4, -0.2) is 29.2 Å². The molecule has 1 aromatic heterocycles. The first-order valence-electron chi connectivity index (χ1n) is 6.99. The van der Waals surface area contributed by atoms with Crippen molar-refractivity contribution >= 4 is 17.3 Å². The number of aromatic nitrogens is 2. The van der Waals surface area contributed by atoms with Gasteiger partial charge in [-0.05, 0) is 44.5 Å². The second kappa shape index (κ2) is 6.30.